The normalized spacial score (nSPS) is 16.4. The van der Waals surface area contributed by atoms with Crippen molar-refractivity contribution < 1.29 is 13.2 Å². The third kappa shape index (κ3) is 3.75. The minimum Gasteiger partial charge on any atom is -0.345 e. The molecule has 1 saturated heterocycles. The molecule has 0 radical (unpaired) electrons. The van der Waals surface area contributed by atoms with Gasteiger partial charge in [0, 0.05) is 26.3 Å². The predicted molar refractivity (Wildman–Crippen MR) is 115 cm³/mol. The van der Waals surface area contributed by atoms with Gasteiger partial charge >= 0.3 is 0 Å². The number of rotatable bonds is 6. The molecule has 1 atom stereocenters. The van der Waals surface area contributed by atoms with Gasteiger partial charge in [0.2, 0.25) is 10.0 Å². The fourth-order valence-corrected chi connectivity index (χ4v) is 5.45. The summed E-state index contributed by atoms with van der Waals surface area (Å²) in [5.41, 5.74) is 2.05. The maximum atomic E-state index is 13.0. The number of nitrogens with zero attached hydrogens (tertiary/aromatic N) is 3. The van der Waals surface area contributed by atoms with Gasteiger partial charge in [0.1, 0.15) is 16.4 Å². The highest BCUT2D eigenvalue weighted by Crippen LogP contribution is 2.25. The van der Waals surface area contributed by atoms with Crippen LogP contribution in [0.15, 0.2) is 41.4 Å². The van der Waals surface area contributed by atoms with Crippen LogP contribution in [-0.2, 0) is 17.1 Å². The van der Waals surface area contributed by atoms with Crippen LogP contribution in [0, 0.1) is 5.92 Å². The van der Waals surface area contributed by atoms with Crippen molar-refractivity contribution in [1.29, 1.82) is 0 Å². The van der Waals surface area contributed by atoms with Crippen molar-refractivity contribution in [2.45, 2.75) is 37.6 Å². The number of para-hydroxylation sites is 2. The predicted octanol–water partition coefficient (Wildman–Crippen LogP) is 2.81. The molecule has 0 bridgehead atoms. The molecule has 1 fully saturated rings. The molecule has 2 aromatic heterocycles. The number of carbonyl (C=O) groups excluding carboxylic acids is 1. The van der Waals surface area contributed by atoms with E-state index in [0.29, 0.717) is 24.6 Å². The number of hydrogen-bond acceptors (Lipinski definition) is 4. The van der Waals surface area contributed by atoms with Crippen molar-refractivity contribution in [3.63, 3.8) is 0 Å². The van der Waals surface area contributed by atoms with Crippen molar-refractivity contribution in [2.24, 2.45) is 13.0 Å². The largest absolute Gasteiger partial charge is 0.345 e. The number of H-pyrrole nitrogens is 1. The maximum Gasteiger partial charge on any atom is 0.268 e. The molecule has 1 aliphatic heterocycles. The summed E-state index contributed by atoms with van der Waals surface area (Å²) < 4.78 is 28.7. The minimum atomic E-state index is -3.57. The van der Waals surface area contributed by atoms with Crippen molar-refractivity contribution in [3.05, 3.63) is 48.0 Å². The molecular formula is C21H27N5O3S. The average molecular weight is 430 g/mol. The molecule has 1 amide bonds. The number of amides is 1. The Labute approximate surface area is 176 Å². The third-order valence-electron chi connectivity index (χ3n) is 5.57. The average Bonchev–Trinajstić information content (AvgIpc) is 3.44. The molecule has 0 spiro atoms. The van der Waals surface area contributed by atoms with E-state index in [1.165, 1.54) is 16.6 Å². The lowest BCUT2D eigenvalue weighted by atomic mass is 10.0. The monoisotopic (exact) mass is 429 g/mol. The van der Waals surface area contributed by atoms with Gasteiger partial charge in [-0.1, -0.05) is 26.0 Å². The zero-order chi connectivity index (χ0) is 21.5. The number of hydrogen-bond donors (Lipinski definition) is 2. The van der Waals surface area contributed by atoms with Crippen LogP contribution in [0.2, 0.25) is 0 Å². The second-order valence-electron chi connectivity index (χ2n) is 8.12. The quantitative estimate of drug-likeness (QED) is 0.629. The van der Waals surface area contributed by atoms with Crippen LogP contribution in [0.1, 0.15) is 49.0 Å². The number of aromatic amines is 1. The van der Waals surface area contributed by atoms with Crippen molar-refractivity contribution >= 4 is 27.0 Å². The van der Waals surface area contributed by atoms with Crippen LogP contribution in [0.25, 0.3) is 11.0 Å². The zero-order valence-electron chi connectivity index (χ0n) is 17.4. The Bertz CT molecular complexity index is 1140. The van der Waals surface area contributed by atoms with Gasteiger partial charge < -0.3 is 14.9 Å². The van der Waals surface area contributed by atoms with Crippen LogP contribution < -0.4 is 5.32 Å². The number of fused-ring (bicyclic) bond motifs is 1. The molecule has 0 aliphatic carbocycles. The lowest BCUT2D eigenvalue weighted by Gasteiger charge is -2.20. The first-order chi connectivity index (χ1) is 14.3. The number of imidazole rings is 1. The topological polar surface area (TPSA) is 100 Å². The Balaban J connectivity index is 1.59. The van der Waals surface area contributed by atoms with Crippen molar-refractivity contribution in [2.75, 3.05) is 13.1 Å². The number of aromatic nitrogens is 3. The van der Waals surface area contributed by atoms with Crippen LogP contribution in [-0.4, -0.2) is 46.3 Å². The van der Waals surface area contributed by atoms with E-state index in [1.54, 1.807) is 11.6 Å². The Hall–Kier alpha value is -2.65. The van der Waals surface area contributed by atoms with Crippen molar-refractivity contribution in [1.82, 2.24) is 24.2 Å². The summed E-state index contributed by atoms with van der Waals surface area (Å²) in [6, 6.07) is 8.83. The lowest BCUT2D eigenvalue weighted by Crippen LogP contribution is -2.33. The Morgan fingerprint density at radius 2 is 1.90 bits per heavy atom. The fraction of sp³-hybridized carbons (Fsp3) is 0.429. The van der Waals surface area contributed by atoms with Gasteiger partial charge in [0.05, 0.1) is 17.1 Å². The maximum absolute atomic E-state index is 13.0. The highest BCUT2D eigenvalue weighted by molar-refractivity contribution is 7.89. The summed E-state index contributed by atoms with van der Waals surface area (Å²) in [5.74, 6) is 0.431. The molecule has 2 N–H and O–H groups in total. The summed E-state index contributed by atoms with van der Waals surface area (Å²) in [6.45, 7) is 5.07. The molecule has 9 heteroatoms. The second kappa shape index (κ2) is 7.88. The fourth-order valence-electron chi connectivity index (χ4n) is 3.86. The molecular weight excluding hydrogens is 402 g/mol. The summed E-state index contributed by atoms with van der Waals surface area (Å²) in [7, 11) is -1.89. The number of aryl methyl sites for hydroxylation is 1. The third-order valence-corrected chi connectivity index (χ3v) is 7.43. The van der Waals surface area contributed by atoms with E-state index in [0.717, 1.165) is 23.9 Å². The number of carbonyl (C=O) groups is 1. The number of benzene rings is 1. The highest BCUT2D eigenvalue weighted by Gasteiger charge is 2.30. The molecule has 1 aliphatic rings. The molecule has 1 aromatic carbocycles. The first-order valence-electron chi connectivity index (χ1n) is 10.2. The van der Waals surface area contributed by atoms with Gasteiger partial charge in [-0.05, 0) is 37.0 Å². The second-order valence-corrected chi connectivity index (χ2v) is 10.1. The van der Waals surface area contributed by atoms with Crippen LogP contribution in [0.5, 0.6) is 0 Å². The van der Waals surface area contributed by atoms with E-state index in [4.69, 9.17) is 0 Å². The standard InChI is InChI=1S/C21H27N5O3S/c1-14(2)19(20-22-16-8-4-5-9-17(16)23-20)24-21(27)18-12-15(13-25(18)3)30(28,29)26-10-6-7-11-26/h4-5,8-9,12-14,19H,6-7,10-11H2,1-3H3,(H,22,23)(H,24,27). The highest BCUT2D eigenvalue weighted by atomic mass is 32.2. The van der Waals surface area contributed by atoms with Crippen LogP contribution >= 0.6 is 0 Å². The Morgan fingerprint density at radius 3 is 2.57 bits per heavy atom. The van der Waals surface area contributed by atoms with E-state index in [-0.39, 0.29) is 22.8 Å². The Morgan fingerprint density at radius 1 is 1.20 bits per heavy atom. The van der Waals surface area contributed by atoms with Crippen molar-refractivity contribution in [3.8, 4) is 0 Å². The SMILES string of the molecule is CC(C)C(NC(=O)c1cc(S(=O)(=O)N2CCCC2)cn1C)c1nc2ccccc2[nH]1. The number of sulfonamides is 1. The lowest BCUT2D eigenvalue weighted by molar-refractivity contribution is 0.0915. The first kappa shape index (κ1) is 20.6. The van der Waals surface area contributed by atoms with Gasteiger partial charge in [-0.15, -0.1) is 0 Å². The molecule has 30 heavy (non-hydrogen) atoms. The molecule has 3 heterocycles. The first-order valence-corrected chi connectivity index (χ1v) is 11.6. The van der Waals surface area contributed by atoms with Gasteiger partial charge in [-0.25, -0.2) is 13.4 Å². The number of nitrogens with one attached hydrogen (secondary N) is 2. The molecule has 8 nitrogen and oxygen atoms in total. The van der Waals surface area contributed by atoms with E-state index in [1.807, 2.05) is 38.1 Å². The molecule has 0 saturated carbocycles. The molecule has 4 rings (SSSR count). The van der Waals surface area contributed by atoms with Gasteiger partial charge in [-0.2, -0.15) is 4.31 Å². The zero-order valence-corrected chi connectivity index (χ0v) is 18.2. The molecule has 1 unspecified atom stereocenters. The smallest absolute Gasteiger partial charge is 0.268 e. The Kier molecular flexibility index (Phi) is 5.42. The van der Waals surface area contributed by atoms with Crippen LogP contribution in [0.3, 0.4) is 0 Å². The van der Waals surface area contributed by atoms with E-state index < -0.39 is 10.0 Å². The minimum absolute atomic E-state index is 0.0857. The van der Waals surface area contributed by atoms with Gasteiger partial charge in [0.25, 0.3) is 5.91 Å². The summed E-state index contributed by atoms with van der Waals surface area (Å²) in [4.78, 5) is 21.1. The molecule has 160 valence electrons. The van der Waals surface area contributed by atoms with Crippen LogP contribution in [0.4, 0.5) is 0 Å². The van der Waals surface area contributed by atoms with Gasteiger partial charge in [0.15, 0.2) is 0 Å². The molecule has 3 aromatic rings. The summed E-state index contributed by atoms with van der Waals surface area (Å²) in [5, 5.41) is 3.02. The van der Waals surface area contributed by atoms with E-state index >= 15 is 0 Å². The van der Waals surface area contributed by atoms with E-state index in [2.05, 4.69) is 15.3 Å². The summed E-state index contributed by atoms with van der Waals surface area (Å²) in [6.07, 6.45) is 3.24. The van der Waals surface area contributed by atoms with Gasteiger partial charge in [-0.3, -0.25) is 4.79 Å². The summed E-state index contributed by atoms with van der Waals surface area (Å²) >= 11 is 0. The van der Waals surface area contributed by atoms with E-state index in [9.17, 15) is 13.2 Å².